The molecule has 2 aliphatic rings. The molecule has 0 aliphatic carbocycles. The molecule has 2 fully saturated rings. The van der Waals surface area contributed by atoms with Crippen LogP contribution in [0.15, 0.2) is 18.2 Å². The van der Waals surface area contributed by atoms with E-state index < -0.39 is 24.1 Å². The largest absolute Gasteiger partial charge is 0.442 e. The van der Waals surface area contributed by atoms with E-state index in [-0.39, 0.29) is 38.0 Å². The molecule has 176 valence electrons. The average Bonchev–Trinajstić information content (AvgIpc) is 3.12. The molecular weight excluding hydrogens is 423 g/mol. The monoisotopic (exact) mass is 452 g/mol. The minimum absolute atomic E-state index is 0.00443. The Hall–Kier alpha value is -2.92. The topological polar surface area (TPSA) is 112 Å². The van der Waals surface area contributed by atoms with E-state index >= 15 is 0 Å². The molecule has 0 bridgehead atoms. The summed E-state index contributed by atoms with van der Waals surface area (Å²) in [5.74, 6) is -1.03. The normalized spacial score (nSPS) is 19.5. The number of benzene rings is 1. The van der Waals surface area contributed by atoms with Gasteiger partial charge in [0.1, 0.15) is 11.9 Å². The molecule has 1 aromatic rings. The van der Waals surface area contributed by atoms with E-state index in [0.717, 1.165) is 0 Å². The molecule has 1 aromatic carbocycles. The van der Waals surface area contributed by atoms with Gasteiger partial charge in [-0.2, -0.15) is 0 Å². The summed E-state index contributed by atoms with van der Waals surface area (Å²) in [4.78, 5) is 39.9. The summed E-state index contributed by atoms with van der Waals surface area (Å²) < 4.78 is 25.4. The zero-order valence-electron chi connectivity index (χ0n) is 18.3. The van der Waals surface area contributed by atoms with Gasteiger partial charge in [-0.3, -0.25) is 14.5 Å². The molecule has 2 N–H and O–H groups in total. The number of carbonyl (C=O) groups is 3. The molecule has 11 heteroatoms. The van der Waals surface area contributed by atoms with Gasteiger partial charge in [0.2, 0.25) is 11.8 Å². The second-order valence-corrected chi connectivity index (χ2v) is 7.87. The second-order valence-electron chi connectivity index (χ2n) is 7.87. The van der Waals surface area contributed by atoms with Gasteiger partial charge in [0.25, 0.3) is 0 Å². The Morgan fingerprint density at radius 2 is 2.03 bits per heavy atom. The van der Waals surface area contributed by atoms with E-state index in [0.29, 0.717) is 37.7 Å². The summed E-state index contributed by atoms with van der Waals surface area (Å²) in [5, 5.41) is 12.5. The maximum Gasteiger partial charge on any atom is 0.414 e. The molecular formula is C21H29FN4O6. The number of nitrogens with zero attached hydrogens (tertiary/aromatic N) is 3. The van der Waals surface area contributed by atoms with Gasteiger partial charge in [-0.25, -0.2) is 9.18 Å². The number of amides is 3. The molecule has 0 saturated carbocycles. The Morgan fingerprint density at radius 3 is 2.66 bits per heavy atom. The lowest BCUT2D eigenvalue weighted by Gasteiger charge is -2.29. The third-order valence-corrected chi connectivity index (χ3v) is 5.36. The Kier molecular flexibility index (Phi) is 7.86. The number of morpholine rings is 1. The van der Waals surface area contributed by atoms with E-state index in [2.05, 4.69) is 5.32 Å². The van der Waals surface area contributed by atoms with Crippen molar-refractivity contribution in [3.63, 3.8) is 0 Å². The maximum absolute atomic E-state index is 14.7. The van der Waals surface area contributed by atoms with E-state index in [1.165, 1.54) is 29.7 Å². The van der Waals surface area contributed by atoms with Crippen molar-refractivity contribution in [2.75, 3.05) is 62.3 Å². The zero-order chi connectivity index (χ0) is 23.3. The van der Waals surface area contributed by atoms with Crippen LogP contribution in [0.25, 0.3) is 0 Å². The Bertz CT molecular complexity index is 848. The molecule has 10 nitrogen and oxygen atoms in total. The van der Waals surface area contributed by atoms with Gasteiger partial charge in [0.05, 0.1) is 43.8 Å². The summed E-state index contributed by atoms with van der Waals surface area (Å²) in [7, 11) is 0. The van der Waals surface area contributed by atoms with E-state index in [1.54, 1.807) is 12.1 Å². The van der Waals surface area contributed by atoms with Gasteiger partial charge in [-0.05, 0) is 18.2 Å². The fourth-order valence-electron chi connectivity index (χ4n) is 3.71. The van der Waals surface area contributed by atoms with E-state index in [1.807, 2.05) is 4.90 Å². The molecule has 0 aromatic heterocycles. The molecule has 3 amide bonds. The van der Waals surface area contributed by atoms with Crippen LogP contribution in [-0.2, 0) is 19.1 Å². The van der Waals surface area contributed by atoms with Gasteiger partial charge >= 0.3 is 6.09 Å². The summed E-state index contributed by atoms with van der Waals surface area (Å²) in [5.41, 5.74) is 0.823. The molecule has 3 rings (SSSR count). The third kappa shape index (κ3) is 6.07. The van der Waals surface area contributed by atoms with Crippen molar-refractivity contribution in [1.29, 1.82) is 0 Å². The number of hydrogen-bond donors (Lipinski definition) is 2. The quantitative estimate of drug-likeness (QED) is 0.585. The van der Waals surface area contributed by atoms with Crippen molar-refractivity contribution in [2.24, 2.45) is 0 Å². The van der Waals surface area contributed by atoms with Crippen molar-refractivity contribution in [2.45, 2.75) is 26.1 Å². The summed E-state index contributed by atoms with van der Waals surface area (Å²) in [6, 6.07) is 4.60. The lowest BCUT2D eigenvalue weighted by molar-refractivity contribution is -0.131. The molecule has 0 spiro atoms. The van der Waals surface area contributed by atoms with Crippen LogP contribution in [0, 0.1) is 5.82 Å². The van der Waals surface area contributed by atoms with E-state index in [4.69, 9.17) is 9.47 Å². The summed E-state index contributed by atoms with van der Waals surface area (Å²) in [6.45, 7) is 5.14. The highest BCUT2D eigenvalue weighted by Gasteiger charge is 2.35. The van der Waals surface area contributed by atoms with Crippen molar-refractivity contribution >= 4 is 29.3 Å². The molecule has 0 radical (unpaired) electrons. The Labute approximate surface area is 185 Å². The average molecular weight is 452 g/mol. The highest BCUT2D eigenvalue weighted by Crippen LogP contribution is 2.28. The predicted molar refractivity (Wildman–Crippen MR) is 114 cm³/mol. The number of rotatable bonds is 8. The smallest absolute Gasteiger partial charge is 0.414 e. The Morgan fingerprint density at radius 1 is 1.31 bits per heavy atom. The molecule has 2 atom stereocenters. The number of halogens is 1. The summed E-state index contributed by atoms with van der Waals surface area (Å²) >= 11 is 0. The highest BCUT2D eigenvalue weighted by molar-refractivity contribution is 5.90. The fourth-order valence-corrected chi connectivity index (χ4v) is 3.71. The zero-order valence-corrected chi connectivity index (χ0v) is 18.3. The molecule has 2 aliphatic heterocycles. The van der Waals surface area contributed by atoms with Crippen LogP contribution < -0.4 is 15.1 Å². The van der Waals surface area contributed by atoms with Crippen LogP contribution in [0.5, 0.6) is 0 Å². The van der Waals surface area contributed by atoms with Crippen molar-refractivity contribution in [1.82, 2.24) is 10.2 Å². The first-order valence-electron chi connectivity index (χ1n) is 10.5. The van der Waals surface area contributed by atoms with Gasteiger partial charge in [0, 0.05) is 40.0 Å². The molecule has 2 saturated heterocycles. The number of cyclic esters (lactones) is 1. The minimum atomic E-state index is -0.960. The fraction of sp³-hybridized carbons (Fsp3) is 0.571. The number of aliphatic hydroxyl groups is 1. The first-order valence-corrected chi connectivity index (χ1v) is 10.5. The second kappa shape index (κ2) is 10.6. The van der Waals surface area contributed by atoms with Gasteiger partial charge < -0.3 is 29.7 Å². The molecule has 32 heavy (non-hydrogen) atoms. The van der Waals surface area contributed by atoms with Crippen LogP contribution in [0.2, 0.25) is 0 Å². The van der Waals surface area contributed by atoms with Gasteiger partial charge in [0.15, 0.2) is 0 Å². The van der Waals surface area contributed by atoms with E-state index in [9.17, 15) is 23.9 Å². The molecule has 2 heterocycles. The van der Waals surface area contributed by atoms with Crippen molar-refractivity contribution in [3.05, 3.63) is 24.0 Å². The van der Waals surface area contributed by atoms with Crippen LogP contribution in [0.4, 0.5) is 20.6 Å². The first kappa shape index (κ1) is 23.7. The number of ether oxygens (including phenoxy) is 2. The van der Waals surface area contributed by atoms with Crippen LogP contribution in [-0.4, -0.2) is 92.6 Å². The van der Waals surface area contributed by atoms with Crippen molar-refractivity contribution < 1.29 is 33.4 Å². The number of anilines is 2. The van der Waals surface area contributed by atoms with Crippen LogP contribution in [0.1, 0.15) is 13.8 Å². The SMILES string of the molecule is CC(=O)NC[C@H](O)CN(C[C@H]1CN(c2ccc(N3CCOCC3)c(F)c2)C(=O)O1)C(C)=O. The summed E-state index contributed by atoms with van der Waals surface area (Å²) in [6.07, 6.45) is -2.23. The van der Waals surface area contributed by atoms with Crippen molar-refractivity contribution in [3.8, 4) is 0 Å². The molecule has 0 unspecified atom stereocenters. The number of aliphatic hydroxyl groups excluding tert-OH is 1. The standard InChI is InChI=1S/C21H29FN4O6/c1-14(27)23-10-17(29)11-25(15(2)28)12-18-13-26(21(30)32-18)16-3-4-20(19(22)9-16)24-5-7-31-8-6-24/h3-4,9,17-18,29H,5-8,10-13H2,1-2H3,(H,23,27)/t17-,18-/m0/s1. The lowest BCUT2D eigenvalue weighted by atomic mass is 10.2. The van der Waals surface area contributed by atoms with Gasteiger partial charge in [-0.15, -0.1) is 0 Å². The number of carbonyl (C=O) groups excluding carboxylic acids is 3. The van der Waals surface area contributed by atoms with Crippen LogP contribution >= 0.6 is 0 Å². The maximum atomic E-state index is 14.7. The third-order valence-electron chi connectivity index (χ3n) is 5.36. The first-order chi connectivity index (χ1) is 15.2. The Balaban J connectivity index is 1.61. The highest BCUT2D eigenvalue weighted by atomic mass is 19.1. The number of nitrogens with one attached hydrogen (secondary N) is 1. The number of hydrogen-bond acceptors (Lipinski definition) is 7. The predicted octanol–water partition coefficient (Wildman–Crippen LogP) is 0.333. The van der Waals surface area contributed by atoms with Crippen LogP contribution in [0.3, 0.4) is 0 Å². The lowest BCUT2D eigenvalue weighted by Crippen LogP contribution is -2.45. The van der Waals surface area contributed by atoms with Gasteiger partial charge in [-0.1, -0.05) is 0 Å². The minimum Gasteiger partial charge on any atom is -0.442 e.